The van der Waals surface area contributed by atoms with Crippen molar-refractivity contribution in [2.45, 2.75) is 53.4 Å². The molecule has 0 N–H and O–H groups in total. The largest absolute Gasteiger partial charge is 0.159 e. The molecule has 0 aliphatic heterocycles. The summed E-state index contributed by atoms with van der Waals surface area (Å²) in [5, 5.41) is 8.19. The van der Waals surface area contributed by atoms with Gasteiger partial charge in [-0.2, -0.15) is 10.2 Å². The molecule has 1 aromatic rings. The topological polar surface area (TPSA) is 25.8 Å². The van der Waals surface area contributed by atoms with E-state index in [1.165, 1.54) is 12.0 Å². The molecule has 0 unspecified atom stereocenters. The molecule has 0 spiro atoms. The normalized spacial score (nSPS) is 12.1. The number of rotatable bonds is 3. The van der Waals surface area contributed by atoms with Gasteiger partial charge in [-0.1, -0.05) is 34.6 Å². The second-order valence-corrected chi connectivity index (χ2v) is 5.70. The van der Waals surface area contributed by atoms with Gasteiger partial charge in [0.05, 0.1) is 11.9 Å². The zero-order valence-corrected chi connectivity index (χ0v) is 10.5. The first-order chi connectivity index (χ1) is 6.88. The van der Waals surface area contributed by atoms with Gasteiger partial charge in [-0.25, -0.2) is 0 Å². The Morgan fingerprint density at radius 2 is 1.93 bits per heavy atom. The molecule has 1 rings (SSSR count). The van der Waals surface area contributed by atoms with Crippen LogP contribution in [-0.2, 0) is 6.42 Å². The fourth-order valence-electron chi connectivity index (χ4n) is 1.36. The first-order valence-corrected chi connectivity index (χ1v) is 5.70. The van der Waals surface area contributed by atoms with Crippen molar-refractivity contribution >= 4 is 0 Å². The van der Waals surface area contributed by atoms with E-state index in [0.29, 0.717) is 11.3 Å². The van der Waals surface area contributed by atoms with Gasteiger partial charge in [0.2, 0.25) is 0 Å². The molecule has 2 nitrogen and oxygen atoms in total. The maximum absolute atomic E-state index is 4.13. The first-order valence-electron chi connectivity index (χ1n) is 5.70. The van der Waals surface area contributed by atoms with Crippen LogP contribution < -0.4 is 0 Å². The third-order valence-corrected chi connectivity index (χ3v) is 2.49. The Hall–Kier alpha value is -0.920. The second-order valence-electron chi connectivity index (χ2n) is 5.70. The molecule has 0 atom stereocenters. The summed E-state index contributed by atoms with van der Waals surface area (Å²) in [5.74, 6) is 0.465. The van der Waals surface area contributed by atoms with Crippen molar-refractivity contribution in [3.05, 3.63) is 23.5 Å². The van der Waals surface area contributed by atoms with Crippen molar-refractivity contribution < 1.29 is 0 Å². The third kappa shape index (κ3) is 4.41. The van der Waals surface area contributed by atoms with Crippen LogP contribution in [0.15, 0.2) is 12.3 Å². The van der Waals surface area contributed by atoms with Crippen LogP contribution in [0.5, 0.6) is 0 Å². The minimum Gasteiger partial charge on any atom is -0.159 e. The molecule has 0 bridgehead atoms. The minimum atomic E-state index is 0.390. The fraction of sp³-hybridized carbons (Fsp3) is 0.692. The summed E-state index contributed by atoms with van der Waals surface area (Å²) in [5.41, 5.74) is 2.80. The highest BCUT2D eigenvalue weighted by Crippen LogP contribution is 2.21. The van der Waals surface area contributed by atoms with Crippen LogP contribution in [0.1, 0.15) is 58.2 Å². The number of nitrogens with zero attached hydrogens (tertiary/aromatic N) is 2. The average molecular weight is 206 g/mol. The Labute approximate surface area is 93.1 Å². The van der Waals surface area contributed by atoms with Gasteiger partial charge in [-0.3, -0.25) is 0 Å². The Bertz CT molecular complexity index is 311. The number of hydrogen-bond acceptors (Lipinski definition) is 2. The van der Waals surface area contributed by atoms with Crippen molar-refractivity contribution in [3.63, 3.8) is 0 Å². The smallest absolute Gasteiger partial charge is 0.0659 e. The van der Waals surface area contributed by atoms with Crippen LogP contribution in [0.25, 0.3) is 0 Å². The van der Waals surface area contributed by atoms with Crippen LogP contribution in [0.4, 0.5) is 0 Å². The highest BCUT2D eigenvalue weighted by atomic mass is 15.1. The summed E-state index contributed by atoms with van der Waals surface area (Å²) < 4.78 is 0. The highest BCUT2D eigenvalue weighted by Gasteiger charge is 2.11. The molecule has 0 amide bonds. The lowest BCUT2D eigenvalue weighted by Gasteiger charge is -2.17. The lowest BCUT2D eigenvalue weighted by atomic mass is 9.89. The van der Waals surface area contributed by atoms with E-state index in [4.69, 9.17) is 0 Å². The SMILES string of the molecule is CC(C)c1cc(CCC(C)(C)C)cnn1. The molecule has 0 saturated carbocycles. The number of hydrogen-bond donors (Lipinski definition) is 0. The van der Waals surface area contributed by atoms with Crippen LogP contribution in [0.3, 0.4) is 0 Å². The molecule has 2 heteroatoms. The molecule has 0 aliphatic rings. The summed E-state index contributed by atoms with van der Waals surface area (Å²) in [6, 6.07) is 2.18. The lowest BCUT2D eigenvalue weighted by Crippen LogP contribution is -2.07. The summed E-state index contributed by atoms with van der Waals surface area (Å²) in [4.78, 5) is 0. The summed E-state index contributed by atoms with van der Waals surface area (Å²) in [6.07, 6.45) is 4.17. The summed E-state index contributed by atoms with van der Waals surface area (Å²) >= 11 is 0. The average Bonchev–Trinajstić information content (AvgIpc) is 2.14. The molecule has 0 fully saturated rings. The zero-order chi connectivity index (χ0) is 11.5. The van der Waals surface area contributed by atoms with Gasteiger partial charge in [-0.15, -0.1) is 0 Å². The summed E-state index contributed by atoms with van der Waals surface area (Å²) in [6.45, 7) is 11.1. The van der Waals surface area contributed by atoms with Gasteiger partial charge in [0.15, 0.2) is 0 Å². The molecule has 84 valence electrons. The van der Waals surface area contributed by atoms with Crippen molar-refractivity contribution in [2.24, 2.45) is 5.41 Å². The first kappa shape index (κ1) is 12.2. The van der Waals surface area contributed by atoms with Crippen LogP contribution in [0, 0.1) is 5.41 Å². The van der Waals surface area contributed by atoms with E-state index in [1.807, 2.05) is 6.20 Å². The molecule has 15 heavy (non-hydrogen) atoms. The van der Waals surface area contributed by atoms with Crippen molar-refractivity contribution in [1.82, 2.24) is 10.2 Å². The molecular formula is C13H22N2. The number of aryl methyl sites for hydroxylation is 1. The van der Waals surface area contributed by atoms with Gasteiger partial charge in [-0.05, 0) is 35.8 Å². The van der Waals surface area contributed by atoms with Gasteiger partial charge in [0.1, 0.15) is 0 Å². The van der Waals surface area contributed by atoms with Gasteiger partial charge >= 0.3 is 0 Å². The molecule has 0 aliphatic carbocycles. The van der Waals surface area contributed by atoms with E-state index in [1.54, 1.807) is 0 Å². The molecular weight excluding hydrogens is 184 g/mol. The van der Waals surface area contributed by atoms with Gasteiger partial charge in [0, 0.05) is 0 Å². The second kappa shape index (κ2) is 4.73. The Morgan fingerprint density at radius 1 is 1.27 bits per heavy atom. The quantitative estimate of drug-likeness (QED) is 0.755. The van der Waals surface area contributed by atoms with E-state index in [-0.39, 0.29) is 0 Å². The maximum Gasteiger partial charge on any atom is 0.0659 e. The van der Waals surface area contributed by atoms with E-state index in [9.17, 15) is 0 Å². The molecule has 0 radical (unpaired) electrons. The predicted molar refractivity (Wildman–Crippen MR) is 63.9 cm³/mol. The van der Waals surface area contributed by atoms with E-state index < -0.39 is 0 Å². The molecule has 0 saturated heterocycles. The summed E-state index contributed by atoms with van der Waals surface area (Å²) in [7, 11) is 0. The number of aromatic nitrogens is 2. The van der Waals surface area contributed by atoms with Crippen molar-refractivity contribution in [3.8, 4) is 0 Å². The van der Waals surface area contributed by atoms with Gasteiger partial charge < -0.3 is 0 Å². The molecule has 0 aromatic carbocycles. The van der Waals surface area contributed by atoms with Gasteiger partial charge in [0.25, 0.3) is 0 Å². The highest BCUT2D eigenvalue weighted by molar-refractivity contribution is 5.15. The maximum atomic E-state index is 4.13. The molecule has 1 heterocycles. The Balaban J connectivity index is 2.66. The Kier molecular flexibility index (Phi) is 3.83. The monoisotopic (exact) mass is 206 g/mol. The van der Waals surface area contributed by atoms with Crippen molar-refractivity contribution in [1.29, 1.82) is 0 Å². The van der Waals surface area contributed by atoms with Crippen LogP contribution in [0.2, 0.25) is 0 Å². The van der Waals surface area contributed by atoms with E-state index in [2.05, 4.69) is 50.9 Å². The van der Waals surface area contributed by atoms with Crippen LogP contribution >= 0.6 is 0 Å². The Morgan fingerprint density at radius 3 is 2.47 bits per heavy atom. The fourth-order valence-corrected chi connectivity index (χ4v) is 1.36. The van der Waals surface area contributed by atoms with E-state index in [0.717, 1.165) is 12.1 Å². The van der Waals surface area contributed by atoms with E-state index >= 15 is 0 Å². The minimum absolute atomic E-state index is 0.390. The molecule has 1 aromatic heterocycles. The predicted octanol–water partition coefficient (Wildman–Crippen LogP) is 3.58. The third-order valence-electron chi connectivity index (χ3n) is 2.49. The lowest BCUT2D eigenvalue weighted by molar-refractivity contribution is 0.378. The standard InChI is InChI=1S/C13H22N2/c1-10(2)12-8-11(9-14-15-12)6-7-13(3,4)5/h8-10H,6-7H2,1-5H3. The van der Waals surface area contributed by atoms with Crippen LogP contribution in [-0.4, -0.2) is 10.2 Å². The zero-order valence-electron chi connectivity index (χ0n) is 10.5. The van der Waals surface area contributed by atoms with Crippen molar-refractivity contribution in [2.75, 3.05) is 0 Å².